The second-order valence-electron chi connectivity index (χ2n) is 17.7. The Bertz CT molecular complexity index is 788. The van der Waals surface area contributed by atoms with Crippen LogP contribution in [0.3, 0.4) is 0 Å². The summed E-state index contributed by atoms with van der Waals surface area (Å²) < 4.78 is 0. The topological polar surface area (TPSA) is 89.8 Å². The standard InChI is InChI=1S/C51H101NO4/c1-3-5-7-9-11-13-15-17-19-21-23-25-26-28-30-32-34-36-38-40-42-44-46-50(55)51(56)52-48(47-53)49(54)45-43-41-39-37-35-33-31-29-27-24-22-20-18-16-14-12-10-8-6-4-2/h28,30,48-50,53-55H,3-27,29,31-47H2,1-2H3,(H,52,56)/b30-28-. The van der Waals surface area contributed by atoms with E-state index in [1.54, 1.807) is 0 Å². The third-order valence-corrected chi connectivity index (χ3v) is 12.1. The zero-order valence-electron chi connectivity index (χ0n) is 38.0. The zero-order chi connectivity index (χ0) is 40.8. The highest BCUT2D eigenvalue weighted by molar-refractivity contribution is 5.80. The first-order valence-corrected chi connectivity index (χ1v) is 25.5. The Kier molecular flexibility index (Phi) is 46.0. The molecule has 0 aliphatic heterocycles. The largest absolute Gasteiger partial charge is 0.394 e. The average Bonchev–Trinajstić information content (AvgIpc) is 3.20. The van der Waals surface area contributed by atoms with Gasteiger partial charge in [-0.1, -0.05) is 257 Å². The van der Waals surface area contributed by atoms with E-state index >= 15 is 0 Å². The summed E-state index contributed by atoms with van der Waals surface area (Å²) in [7, 11) is 0. The van der Waals surface area contributed by atoms with Gasteiger partial charge in [0.25, 0.3) is 0 Å². The van der Waals surface area contributed by atoms with Crippen molar-refractivity contribution in [1.82, 2.24) is 5.32 Å². The lowest BCUT2D eigenvalue weighted by Crippen LogP contribution is -2.49. The van der Waals surface area contributed by atoms with Crippen LogP contribution in [0, 0.1) is 0 Å². The zero-order valence-corrected chi connectivity index (χ0v) is 38.0. The third kappa shape index (κ3) is 41.3. The van der Waals surface area contributed by atoms with E-state index in [9.17, 15) is 20.1 Å². The second kappa shape index (κ2) is 46.8. The average molecular weight is 792 g/mol. The van der Waals surface area contributed by atoms with Gasteiger partial charge in [-0.05, 0) is 38.5 Å². The summed E-state index contributed by atoms with van der Waals surface area (Å²) in [4.78, 5) is 12.5. The number of carbonyl (C=O) groups excluding carboxylic acids is 1. The summed E-state index contributed by atoms with van der Waals surface area (Å²) in [6.07, 6.45) is 56.6. The molecule has 0 aromatic carbocycles. The smallest absolute Gasteiger partial charge is 0.249 e. The maximum atomic E-state index is 12.5. The number of aliphatic hydroxyl groups excluding tert-OH is 3. The van der Waals surface area contributed by atoms with Gasteiger partial charge in [0.2, 0.25) is 5.91 Å². The normalized spacial score (nSPS) is 13.4. The van der Waals surface area contributed by atoms with E-state index < -0.39 is 24.2 Å². The van der Waals surface area contributed by atoms with E-state index in [-0.39, 0.29) is 6.61 Å². The number of carbonyl (C=O) groups is 1. The summed E-state index contributed by atoms with van der Waals surface area (Å²) >= 11 is 0. The molecule has 0 saturated heterocycles. The van der Waals surface area contributed by atoms with Gasteiger partial charge in [0.05, 0.1) is 18.8 Å². The van der Waals surface area contributed by atoms with Crippen molar-refractivity contribution < 1.29 is 20.1 Å². The summed E-state index contributed by atoms with van der Waals surface area (Å²) in [5, 5.41) is 33.5. The van der Waals surface area contributed by atoms with Gasteiger partial charge in [-0.15, -0.1) is 0 Å². The molecule has 0 fully saturated rings. The highest BCUT2D eigenvalue weighted by Gasteiger charge is 2.23. The molecule has 0 radical (unpaired) electrons. The number of allylic oxidation sites excluding steroid dienone is 2. The lowest BCUT2D eigenvalue weighted by Gasteiger charge is -2.23. The molecule has 1 amide bonds. The van der Waals surface area contributed by atoms with Gasteiger partial charge in [0.1, 0.15) is 6.10 Å². The van der Waals surface area contributed by atoms with Crippen LogP contribution in [0.4, 0.5) is 0 Å². The Labute approximate surface area is 350 Å². The van der Waals surface area contributed by atoms with Crippen LogP contribution in [0.1, 0.15) is 284 Å². The molecule has 5 nitrogen and oxygen atoms in total. The molecule has 0 bridgehead atoms. The van der Waals surface area contributed by atoms with Crippen molar-refractivity contribution in [2.75, 3.05) is 6.61 Å². The van der Waals surface area contributed by atoms with Crippen molar-refractivity contribution in [2.24, 2.45) is 0 Å². The van der Waals surface area contributed by atoms with Gasteiger partial charge in [-0.25, -0.2) is 0 Å². The number of rotatable bonds is 47. The molecule has 334 valence electrons. The highest BCUT2D eigenvalue weighted by Crippen LogP contribution is 2.17. The maximum absolute atomic E-state index is 12.5. The first-order chi connectivity index (χ1) is 27.6. The maximum Gasteiger partial charge on any atom is 0.249 e. The Hall–Kier alpha value is -0.910. The lowest BCUT2D eigenvalue weighted by molar-refractivity contribution is -0.131. The molecule has 4 N–H and O–H groups in total. The molecule has 0 aromatic heterocycles. The Morgan fingerprint density at radius 2 is 0.679 bits per heavy atom. The van der Waals surface area contributed by atoms with Gasteiger partial charge in [-0.2, -0.15) is 0 Å². The first kappa shape index (κ1) is 55.1. The molecule has 0 heterocycles. The van der Waals surface area contributed by atoms with Crippen LogP contribution >= 0.6 is 0 Å². The van der Waals surface area contributed by atoms with Crippen LogP contribution in [0.5, 0.6) is 0 Å². The Balaban J connectivity index is 3.57. The fourth-order valence-electron chi connectivity index (χ4n) is 8.13. The highest BCUT2D eigenvalue weighted by atomic mass is 16.3. The fraction of sp³-hybridized carbons (Fsp3) is 0.941. The van der Waals surface area contributed by atoms with Crippen LogP contribution in [0.25, 0.3) is 0 Å². The van der Waals surface area contributed by atoms with Gasteiger partial charge < -0.3 is 20.6 Å². The minimum absolute atomic E-state index is 0.312. The van der Waals surface area contributed by atoms with Gasteiger partial charge in [0.15, 0.2) is 0 Å². The van der Waals surface area contributed by atoms with E-state index in [0.717, 1.165) is 32.1 Å². The van der Waals surface area contributed by atoms with E-state index in [1.165, 1.54) is 225 Å². The lowest BCUT2D eigenvalue weighted by atomic mass is 10.0. The first-order valence-electron chi connectivity index (χ1n) is 25.5. The van der Waals surface area contributed by atoms with E-state index in [1.807, 2.05) is 0 Å². The van der Waals surface area contributed by atoms with Crippen molar-refractivity contribution in [1.29, 1.82) is 0 Å². The predicted octanol–water partition coefficient (Wildman–Crippen LogP) is 15.2. The van der Waals surface area contributed by atoms with Crippen molar-refractivity contribution in [3.05, 3.63) is 12.2 Å². The SMILES string of the molecule is CCCCCCCCCCCCCC/C=C\CCCCCCCCC(O)C(=O)NC(CO)C(O)CCCCCCCCCCCCCCCCCCCCCC. The molecule has 0 spiro atoms. The second-order valence-corrected chi connectivity index (χ2v) is 17.7. The minimum atomic E-state index is -1.08. The molecular weight excluding hydrogens is 691 g/mol. The van der Waals surface area contributed by atoms with Crippen molar-refractivity contribution in [3.63, 3.8) is 0 Å². The molecule has 56 heavy (non-hydrogen) atoms. The van der Waals surface area contributed by atoms with E-state index in [0.29, 0.717) is 12.8 Å². The van der Waals surface area contributed by atoms with Gasteiger partial charge in [-0.3, -0.25) is 4.79 Å². The van der Waals surface area contributed by atoms with Crippen molar-refractivity contribution >= 4 is 5.91 Å². The predicted molar refractivity (Wildman–Crippen MR) is 245 cm³/mol. The molecule has 5 heteroatoms. The number of unbranched alkanes of at least 4 members (excludes halogenated alkanes) is 37. The molecular formula is C51H101NO4. The van der Waals surface area contributed by atoms with Crippen molar-refractivity contribution in [2.45, 2.75) is 302 Å². The molecule has 3 unspecified atom stereocenters. The van der Waals surface area contributed by atoms with Crippen LogP contribution in [0.2, 0.25) is 0 Å². The van der Waals surface area contributed by atoms with E-state index in [4.69, 9.17) is 0 Å². The van der Waals surface area contributed by atoms with E-state index in [2.05, 4.69) is 31.3 Å². The van der Waals surface area contributed by atoms with Crippen molar-refractivity contribution in [3.8, 4) is 0 Å². The van der Waals surface area contributed by atoms with Crippen LogP contribution in [0.15, 0.2) is 12.2 Å². The molecule has 3 atom stereocenters. The molecule has 0 saturated carbocycles. The van der Waals surface area contributed by atoms with Crippen LogP contribution in [-0.4, -0.2) is 46.1 Å². The summed E-state index contributed by atoms with van der Waals surface area (Å²) in [6, 6.07) is -0.712. The molecule has 0 aromatic rings. The number of hydrogen-bond donors (Lipinski definition) is 4. The molecule has 0 aliphatic carbocycles. The summed E-state index contributed by atoms with van der Waals surface area (Å²) in [6.45, 7) is 4.26. The Morgan fingerprint density at radius 3 is 0.982 bits per heavy atom. The number of amides is 1. The summed E-state index contributed by atoms with van der Waals surface area (Å²) in [5.74, 6) is -0.470. The number of aliphatic hydroxyl groups is 3. The number of hydrogen-bond acceptors (Lipinski definition) is 4. The Morgan fingerprint density at radius 1 is 0.411 bits per heavy atom. The molecule has 0 aliphatic rings. The van der Waals surface area contributed by atoms with Crippen LogP contribution < -0.4 is 5.32 Å². The monoisotopic (exact) mass is 792 g/mol. The molecule has 0 rings (SSSR count). The summed E-state index contributed by atoms with van der Waals surface area (Å²) in [5.41, 5.74) is 0. The third-order valence-electron chi connectivity index (χ3n) is 12.1. The van der Waals surface area contributed by atoms with Gasteiger partial charge >= 0.3 is 0 Å². The van der Waals surface area contributed by atoms with Gasteiger partial charge in [0, 0.05) is 0 Å². The quantitative estimate of drug-likeness (QED) is 0.0365. The minimum Gasteiger partial charge on any atom is -0.394 e. The van der Waals surface area contributed by atoms with Crippen LogP contribution in [-0.2, 0) is 4.79 Å². The fourth-order valence-corrected chi connectivity index (χ4v) is 8.13. The number of nitrogens with one attached hydrogen (secondary N) is 1.